The molecule has 1 aliphatic rings. The normalized spacial score (nSPS) is 16.7. The first-order chi connectivity index (χ1) is 20.9. The number of nitrogens with two attached hydrogens (primary N) is 1. The molecule has 4 aromatic rings. The number of nitrogen functional groups attached to an aromatic ring is 1. The zero-order valence-electron chi connectivity index (χ0n) is 25.2. The zero-order valence-corrected chi connectivity index (χ0v) is 26.0. The van der Waals surface area contributed by atoms with E-state index in [0.717, 1.165) is 13.0 Å². The van der Waals surface area contributed by atoms with Crippen LogP contribution in [0.3, 0.4) is 0 Å². The third-order valence-electron chi connectivity index (χ3n) is 7.70. The third kappa shape index (κ3) is 7.38. The summed E-state index contributed by atoms with van der Waals surface area (Å²) in [7, 11) is 0. The van der Waals surface area contributed by atoms with Crippen LogP contribution in [-0.4, -0.2) is 57.8 Å². The molecule has 2 amide bonds. The van der Waals surface area contributed by atoms with Gasteiger partial charge in [-0.25, -0.2) is 14.4 Å². The van der Waals surface area contributed by atoms with Gasteiger partial charge in [0, 0.05) is 45.9 Å². The number of amides is 2. The number of hydrogen-bond acceptors (Lipinski definition) is 8. The van der Waals surface area contributed by atoms with E-state index >= 15 is 4.39 Å². The molecular formula is C33H36ClFN6O4. The fraction of sp³-hybridized carbons (Fsp3) is 0.303. The van der Waals surface area contributed by atoms with Gasteiger partial charge in [0.05, 0.1) is 12.1 Å². The van der Waals surface area contributed by atoms with Gasteiger partial charge in [-0.1, -0.05) is 39.0 Å². The number of nitrogens with one attached hydrogen (secondary N) is 3. The van der Waals surface area contributed by atoms with Crippen LogP contribution < -0.4 is 21.7 Å². The Kier molecular flexibility index (Phi) is 10.0. The van der Waals surface area contributed by atoms with E-state index in [9.17, 15) is 19.5 Å². The van der Waals surface area contributed by atoms with Crippen LogP contribution >= 0.6 is 12.4 Å². The first kappa shape index (κ1) is 33.3. The highest BCUT2D eigenvalue weighted by atomic mass is 35.5. The van der Waals surface area contributed by atoms with E-state index in [2.05, 4.69) is 25.9 Å². The number of rotatable bonds is 6. The van der Waals surface area contributed by atoms with Gasteiger partial charge in [0.25, 0.3) is 11.8 Å². The SMILES string of the molecule is CC(C)(C)c1ccc2cc(O)c(C(=O)c3ccc(C(=O)N[C@@H]4CCCNC[C@H]4NC(=O)c4ccnc(N)c4)cc3)c(F)c2n1.Cl. The summed E-state index contributed by atoms with van der Waals surface area (Å²) in [5, 5.41) is 20.2. The Morgan fingerprint density at radius 1 is 0.956 bits per heavy atom. The van der Waals surface area contributed by atoms with Crippen LogP contribution in [0.15, 0.2) is 60.8 Å². The van der Waals surface area contributed by atoms with Crippen LogP contribution in [0.5, 0.6) is 5.75 Å². The van der Waals surface area contributed by atoms with E-state index in [4.69, 9.17) is 5.73 Å². The Morgan fingerprint density at radius 2 is 1.62 bits per heavy atom. The van der Waals surface area contributed by atoms with E-state index in [1.807, 2.05) is 20.8 Å². The van der Waals surface area contributed by atoms with Gasteiger partial charge in [-0.05, 0) is 55.8 Å². The number of aromatic hydroxyl groups is 1. The number of aromatic nitrogens is 2. The summed E-state index contributed by atoms with van der Waals surface area (Å²) in [6.07, 6.45) is 2.88. The average molecular weight is 635 g/mol. The molecule has 236 valence electrons. The zero-order chi connectivity index (χ0) is 31.6. The number of benzene rings is 2. The number of pyridine rings is 2. The maximum Gasteiger partial charge on any atom is 0.251 e. The lowest BCUT2D eigenvalue weighted by molar-refractivity contribution is 0.0882. The highest BCUT2D eigenvalue weighted by Gasteiger charge is 2.28. The minimum Gasteiger partial charge on any atom is -0.507 e. The molecular weight excluding hydrogens is 599 g/mol. The second-order valence-electron chi connectivity index (χ2n) is 12.0. The molecule has 2 aromatic heterocycles. The van der Waals surface area contributed by atoms with E-state index in [1.54, 1.807) is 18.2 Å². The van der Waals surface area contributed by atoms with Crippen molar-refractivity contribution in [1.82, 2.24) is 25.9 Å². The van der Waals surface area contributed by atoms with Crippen LogP contribution in [0.2, 0.25) is 0 Å². The topological polar surface area (TPSA) is 159 Å². The van der Waals surface area contributed by atoms with Crippen molar-refractivity contribution in [3.8, 4) is 5.75 Å². The van der Waals surface area contributed by atoms with E-state index < -0.39 is 29.0 Å². The molecule has 1 aliphatic heterocycles. The third-order valence-corrected chi connectivity index (χ3v) is 7.70. The average Bonchev–Trinajstić information content (AvgIpc) is 3.21. The Morgan fingerprint density at radius 3 is 2.31 bits per heavy atom. The molecule has 5 rings (SSSR count). The maximum atomic E-state index is 15.6. The van der Waals surface area contributed by atoms with Gasteiger partial charge in [0.15, 0.2) is 11.6 Å². The molecule has 0 radical (unpaired) electrons. The van der Waals surface area contributed by atoms with Crippen LogP contribution in [0.1, 0.15) is 75.9 Å². The van der Waals surface area contributed by atoms with Gasteiger partial charge < -0.3 is 26.8 Å². The first-order valence-electron chi connectivity index (χ1n) is 14.4. The lowest BCUT2D eigenvalue weighted by atomic mass is 9.91. The Bertz CT molecular complexity index is 1740. The van der Waals surface area contributed by atoms with Gasteiger partial charge in [-0.3, -0.25) is 14.4 Å². The molecule has 2 atom stereocenters. The lowest BCUT2D eigenvalue weighted by Crippen LogP contribution is -2.54. The number of hydrogen-bond donors (Lipinski definition) is 5. The highest BCUT2D eigenvalue weighted by Crippen LogP contribution is 2.32. The Labute approximate surface area is 266 Å². The number of ketones is 1. The number of nitrogens with zero attached hydrogens (tertiary/aromatic N) is 2. The Balaban J connectivity index is 0.00000461. The summed E-state index contributed by atoms with van der Waals surface area (Å²) in [5.74, 6) is -2.61. The lowest BCUT2D eigenvalue weighted by Gasteiger charge is -2.27. The molecule has 0 aliphatic carbocycles. The molecule has 3 heterocycles. The van der Waals surface area contributed by atoms with Crippen LogP contribution in [0, 0.1) is 5.82 Å². The minimum atomic E-state index is -0.901. The molecule has 0 spiro atoms. The van der Waals surface area contributed by atoms with Crippen LogP contribution in [0.4, 0.5) is 10.2 Å². The minimum absolute atomic E-state index is 0. The molecule has 10 nitrogen and oxygen atoms in total. The summed E-state index contributed by atoms with van der Waals surface area (Å²) in [6.45, 7) is 7.04. The number of phenolic OH excluding ortho intramolecular Hbond substituents is 1. The number of phenols is 1. The first-order valence-corrected chi connectivity index (χ1v) is 14.4. The molecule has 0 unspecified atom stereocenters. The smallest absolute Gasteiger partial charge is 0.251 e. The van der Waals surface area contributed by atoms with Crippen LogP contribution in [0.25, 0.3) is 10.9 Å². The van der Waals surface area contributed by atoms with Crippen molar-refractivity contribution in [3.05, 3.63) is 94.6 Å². The van der Waals surface area contributed by atoms with Crippen molar-refractivity contribution in [3.63, 3.8) is 0 Å². The van der Waals surface area contributed by atoms with Crippen molar-refractivity contribution in [2.24, 2.45) is 0 Å². The molecule has 1 fully saturated rings. The molecule has 12 heteroatoms. The fourth-order valence-corrected chi connectivity index (χ4v) is 5.23. The van der Waals surface area contributed by atoms with Gasteiger partial charge in [-0.15, -0.1) is 12.4 Å². The van der Waals surface area contributed by atoms with Crippen molar-refractivity contribution in [1.29, 1.82) is 0 Å². The monoisotopic (exact) mass is 634 g/mol. The van der Waals surface area contributed by atoms with Crippen molar-refractivity contribution in [2.45, 2.75) is 51.1 Å². The quantitative estimate of drug-likeness (QED) is 0.197. The fourth-order valence-electron chi connectivity index (χ4n) is 5.23. The summed E-state index contributed by atoms with van der Waals surface area (Å²) in [4.78, 5) is 47.8. The predicted molar refractivity (Wildman–Crippen MR) is 172 cm³/mol. The molecule has 6 N–H and O–H groups in total. The molecule has 0 saturated carbocycles. The van der Waals surface area contributed by atoms with Gasteiger partial charge >= 0.3 is 0 Å². The summed E-state index contributed by atoms with van der Waals surface area (Å²) >= 11 is 0. The summed E-state index contributed by atoms with van der Waals surface area (Å²) < 4.78 is 15.6. The van der Waals surface area contributed by atoms with Crippen molar-refractivity contribution < 1.29 is 23.9 Å². The number of fused-ring (bicyclic) bond motifs is 1. The van der Waals surface area contributed by atoms with E-state index in [1.165, 1.54) is 42.6 Å². The van der Waals surface area contributed by atoms with Crippen molar-refractivity contribution in [2.75, 3.05) is 18.8 Å². The van der Waals surface area contributed by atoms with Gasteiger partial charge in [0.2, 0.25) is 0 Å². The number of carbonyl (C=O) groups excluding carboxylic acids is 3. The number of halogens is 2. The largest absolute Gasteiger partial charge is 0.507 e. The summed E-state index contributed by atoms with van der Waals surface area (Å²) in [5.41, 5.74) is 6.30. The maximum absolute atomic E-state index is 15.6. The van der Waals surface area contributed by atoms with Crippen molar-refractivity contribution >= 4 is 46.7 Å². The van der Waals surface area contributed by atoms with E-state index in [-0.39, 0.29) is 58.1 Å². The highest BCUT2D eigenvalue weighted by molar-refractivity contribution is 6.13. The van der Waals surface area contributed by atoms with Gasteiger partial charge in [-0.2, -0.15) is 0 Å². The predicted octanol–water partition coefficient (Wildman–Crippen LogP) is 4.29. The second kappa shape index (κ2) is 13.6. The molecule has 1 saturated heterocycles. The van der Waals surface area contributed by atoms with Crippen LogP contribution in [-0.2, 0) is 5.41 Å². The Hall–Kier alpha value is -4.61. The molecule has 0 bridgehead atoms. The summed E-state index contributed by atoms with van der Waals surface area (Å²) in [6, 6.07) is 12.8. The van der Waals surface area contributed by atoms with Gasteiger partial charge in [0.1, 0.15) is 22.6 Å². The molecule has 45 heavy (non-hydrogen) atoms. The molecule has 2 aromatic carbocycles. The number of carbonyl (C=O) groups is 3. The standard InChI is InChI=1S/C33H35FN6O4.ClH/c1-33(2,3)25-11-10-20-15-24(41)27(28(34)29(20)40-25)30(42)18-6-8-19(9-7-18)31(43)38-22-5-4-13-36-17-23(22)39-32(44)21-12-14-37-26(35)16-21;/h6-12,14-16,22-23,36,41H,4-5,13,17H2,1-3H3,(H2,35,37)(H,38,43)(H,39,44);1H/t22-,23-;/m1./s1. The second-order valence-corrected chi connectivity index (χ2v) is 12.0. The van der Waals surface area contributed by atoms with E-state index in [0.29, 0.717) is 29.6 Å². The number of anilines is 1.